The highest BCUT2D eigenvalue weighted by Gasteiger charge is 2.29. The van der Waals surface area contributed by atoms with Crippen LogP contribution in [0.5, 0.6) is 11.5 Å². The predicted octanol–water partition coefficient (Wildman–Crippen LogP) is 4.93. The van der Waals surface area contributed by atoms with Crippen LogP contribution in [0.4, 0.5) is 0 Å². The summed E-state index contributed by atoms with van der Waals surface area (Å²) in [7, 11) is 0. The van der Waals surface area contributed by atoms with Crippen LogP contribution in [0, 0.1) is 0 Å². The van der Waals surface area contributed by atoms with Gasteiger partial charge in [-0.2, -0.15) is 0 Å². The lowest BCUT2D eigenvalue weighted by molar-refractivity contribution is 0.235. The van der Waals surface area contributed by atoms with E-state index in [0.29, 0.717) is 25.2 Å². The highest BCUT2D eigenvalue weighted by atomic mass is 16.5. The molecular formula is C21H30N2O3. The van der Waals surface area contributed by atoms with Crippen LogP contribution in [0.15, 0.2) is 28.8 Å². The number of nitrogens with zero attached hydrogens (tertiary/aromatic N) is 2. The SMILES string of the molecule is CCOc1ccc(CN2CCCC2c2cc(C(C)C)on2)cc1OCC. The summed E-state index contributed by atoms with van der Waals surface area (Å²) in [6.45, 7) is 11.5. The van der Waals surface area contributed by atoms with Gasteiger partial charge in [0.2, 0.25) is 0 Å². The molecule has 1 aliphatic heterocycles. The molecule has 1 atom stereocenters. The van der Waals surface area contributed by atoms with Crippen LogP contribution in [0.1, 0.15) is 69.5 Å². The molecule has 0 bridgehead atoms. The fourth-order valence-corrected chi connectivity index (χ4v) is 3.51. The van der Waals surface area contributed by atoms with E-state index in [4.69, 9.17) is 14.0 Å². The molecule has 1 fully saturated rings. The van der Waals surface area contributed by atoms with Gasteiger partial charge in [0.25, 0.3) is 0 Å². The topological polar surface area (TPSA) is 47.7 Å². The van der Waals surface area contributed by atoms with Gasteiger partial charge in [0, 0.05) is 18.5 Å². The van der Waals surface area contributed by atoms with Crippen molar-refractivity contribution in [3.63, 3.8) is 0 Å². The molecule has 1 saturated heterocycles. The minimum Gasteiger partial charge on any atom is -0.490 e. The average molecular weight is 358 g/mol. The van der Waals surface area contributed by atoms with E-state index in [1.807, 2.05) is 19.9 Å². The first-order valence-electron chi connectivity index (χ1n) is 9.71. The first-order chi connectivity index (χ1) is 12.6. The average Bonchev–Trinajstić information content (AvgIpc) is 3.26. The van der Waals surface area contributed by atoms with Gasteiger partial charge < -0.3 is 14.0 Å². The number of rotatable bonds is 8. The van der Waals surface area contributed by atoms with E-state index < -0.39 is 0 Å². The number of hydrogen-bond acceptors (Lipinski definition) is 5. The Hall–Kier alpha value is -2.01. The number of benzene rings is 1. The number of likely N-dealkylation sites (tertiary alicyclic amines) is 1. The maximum Gasteiger partial charge on any atom is 0.161 e. The van der Waals surface area contributed by atoms with Crippen LogP contribution in [0.25, 0.3) is 0 Å². The summed E-state index contributed by atoms with van der Waals surface area (Å²) < 4.78 is 17.0. The van der Waals surface area contributed by atoms with E-state index in [1.165, 1.54) is 12.0 Å². The van der Waals surface area contributed by atoms with Crippen molar-refractivity contribution in [3.8, 4) is 11.5 Å². The van der Waals surface area contributed by atoms with Gasteiger partial charge in [-0.25, -0.2) is 0 Å². The standard InChI is InChI=1S/C21H30N2O3/c1-5-24-19-10-9-16(12-21(19)25-6-2)14-23-11-7-8-18(23)17-13-20(15(3)4)26-22-17/h9-10,12-13,15,18H,5-8,11,14H2,1-4H3. The minimum atomic E-state index is 0.327. The summed E-state index contributed by atoms with van der Waals surface area (Å²) in [6, 6.07) is 8.70. The van der Waals surface area contributed by atoms with Gasteiger partial charge in [-0.3, -0.25) is 4.90 Å². The smallest absolute Gasteiger partial charge is 0.161 e. The second kappa shape index (κ2) is 8.58. The van der Waals surface area contributed by atoms with Crippen molar-refractivity contribution in [1.82, 2.24) is 10.1 Å². The van der Waals surface area contributed by atoms with E-state index in [9.17, 15) is 0 Å². The Balaban J connectivity index is 1.75. The fourth-order valence-electron chi connectivity index (χ4n) is 3.51. The van der Waals surface area contributed by atoms with Crippen molar-refractivity contribution < 1.29 is 14.0 Å². The van der Waals surface area contributed by atoms with Crippen molar-refractivity contribution in [2.24, 2.45) is 0 Å². The lowest BCUT2D eigenvalue weighted by Crippen LogP contribution is -2.23. The Morgan fingerprint density at radius 1 is 1.15 bits per heavy atom. The van der Waals surface area contributed by atoms with Gasteiger partial charge in [0.05, 0.1) is 19.3 Å². The zero-order chi connectivity index (χ0) is 18.5. The van der Waals surface area contributed by atoms with Gasteiger partial charge in [-0.15, -0.1) is 0 Å². The molecule has 5 nitrogen and oxygen atoms in total. The molecule has 0 N–H and O–H groups in total. The lowest BCUT2D eigenvalue weighted by Gasteiger charge is -2.23. The van der Waals surface area contributed by atoms with Crippen LogP contribution in [-0.4, -0.2) is 29.8 Å². The molecule has 0 radical (unpaired) electrons. The summed E-state index contributed by atoms with van der Waals surface area (Å²) in [6.07, 6.45) is 2.31. The minimum absolute atomic E-state index is 0.327. The highest BCUT2D eigenvalue weighted by Crippen LogP contribution is 2.35. The molecule has 0 saturated carbocycles. The second-order valence-electron chi connectivity index (χ2n) is 7.08. The van der Waals surface area contributed by atoms with Crippen molar-refractivity contribution in [1.29, 1.82) is 0 Å². The monoisotopic (exact) mass is 358 g/mol. The normalized spacial score (nSPS) is 17.8. The first kappa shape index (κ1) is 18.8. The Kier molecular flexibility index (Phi) is 6.20. The third kappa shape index (κ3) is 4.21. The summed E-state index contributed by atoms with van der Waals surface area (Å²) in [5.41, 5.74) is 2.29. The Labute approximate surface area is 156 Å². The van der Waals surface area contributed by atoms with Crippen LogP contribution < -0.4 is 9.47 Å². The second-order valence-corrected chi connectivity index (χ2v) is 7.08. The molecule has 26 heavy (non-hydrogen) atoms. The van der Waals surface area contributed by atoms with Crippen molar-refractivity contribution >= 4 is 0 Å². The maximum absolute atomic E-state index is 5.76. The fraction of sp³-hybridized carbons (Fsp3) is 0.571. The van der Waals surface area contributed by atoms with Gasteiger partial charge in [0.15, 0.2) is 11.5 Å². The van der Waals surface area contributed by atoms with Crippen LogP contribution in [-0.2, 0) is 6.54 Å². The molecule has 2 heterocycles. The molecule has 0 amide bonds. The summed E-state index contributed by atoms with van der Waals surface area (Å²) in [4.78, 5) is 2.48. The maximum atomic E-state index is 5.76. The van der Waals surface area contributed by atoms with Gasteiger partial charge >= 0.3 is 0 Å². The quantitative estimate of drug-likeness (QED) is 0.669. The lowest BCUT2D eigenvalue weighted by atomic mass is 10.1. The largest absolute Gasteiger partial charge is 0.490 e. The van der Waals surface area contributed by atoms with E-state index in [1.54, 1.807) is 0 Å². The van der Waals surface area contributed by atoms with Gasteiger partial charge in [-0.1, -0.05) is 25.1 Å². The Bertz CT molecular complexity index is 711. The molecule has 2 aromatic rings. The van der Waals surface area contributed by atoms with Crippen LogP contribution in [0.3, 0.4) is 0 Å². The molecule has 0 spiro atoms. The Morgan fingerprint density at radius 3 is 2.62 bits per heavy atom. The van der Waals surface area contributed by atoms with E-state index in [0.717, 1.165) is 42.5 Å². The molecule has 5 heteroatoms. The first-order valence-corrected chi connectivity index (χ1v) is 9.71. The zero-order valence-corrected chi connectivity index (χ0v) is 16.3. The van der Waals surface area contributed by atoms with E-state index >= 15 is 0 Å². The molecule has 1 aromatic carbocycles. The third-order valence-corrected chi connectivity index (χ3v) is 4.81. The third-order valence-electron chi connectivity index (χ3n) is 4.81. The summed E-state index contributed by atoms with van der Waals surface area (Å²) in [5.74, 6) is 2.97. The van der Waals surface area contributed by atoms with Crippen molar-refractivity contribution in [2.75, 3.05) is 19.8 Å². The molecule has 142 valence electrons. The van der Waals surface area contributed by atoms with Crippen molar-refractivity contribution in [3.05, 3.63) is 41.3 Å². The van der Waals surface area contributed by atoms with E-state index in [2.05, 4.69) is 42.1 Å². The van der Waals surface area contributed by atoms with Gasteiger partial charge in [-0.05, 0) is 50.9 Å². The predicted molar refractivity (Wildman–Crippen MR) is 102 cm³/mol. The van der Waals surface area contributed by atoms with Crippen LogP contribution in [0.2, 0.25) is 0 Å². The zero-order valence-electron chi connectivity index (χ0n) is 16.3. The van der Waals surface area contributed by atoms with Crippen LogP contribution >= 0.6 is 0 Å². The van der Waals surface area contributed by atoms with E-state index in [-0.39, 0.29) is 0 Å². The molecule has 1 aromatic heterocycles. The molecule has 1 aliphatic rings. The number of aromatic nitrogens is 1. The molecule has 3 rings (SSSR count). The highest BCUT2D eigenvalue weighted by molar-refractivity contribution is 5.43. The van der Waals surface area contributed by atoms with Gasteiger partial charge in [0.1, 0.15) is 11.5 Å². The number of hydrogen-bond donors (Lipinski definition) is 0. The molecular weight excluding hydrogens is 328 g/mol. The number of ether oxygens (including phenoxy) is 2. The molecule has 1 unspecified atom stereocenters. The Morgan fingerprint density at radius 2 is 1.92 bits per heavy atom. The summed E-state index contributed by atoms with van der Waals surface area (Å²) >= 11 is 0. The summed E-state index contributed by atoms with van der Waals surface area (Å²) in [5, 5.41) is 4.34. The van der Waals surface area contributed by atoms with Crippen molar-refractivity contribution in [2.45, 2.75) is 59.0 Å². The molecule has 0 aliphatic carbocycles.